The molecule has 0 spiro atoms. The summed E-state index contributed by atoms with van der Waals surface area (Å²) in [6, 6.07) is 9.44. The molecule has 0 saturated carbocycles. The number of nitrogen functional groups attached to an aromatic ring is 1. The highest BCUT2D eigenvalue weighted by Crippen LogP contribution is 2.40. The van der Waals surface area contributed by atoms with Crippen LogP contribution in [0.2, 0.25) is 0 Å². The Kier molecular flexibility index (Phi) is 8.46. The number of nitrogens with one attached hydrogen (secondary N) is 1. The van der Waals surface area contributed by atoms with E-state index in [4.69, 9.17) is 20.9 Å². The van der Waals surface area contributed by atoms with Crippen molar-refractivity contribution in [3.8, 4) is 17.2 Å². The minimum atomic E-state index is -1.24. The van der Waals surface area contributed by atoms with Crippen molar-refractivity contribution in [3.63, 3.8) is 0 Å². The fourth-order valence-electron chi connectivity index (χ4n) is 3.65. The molecule has 1 heterocycles. The molecule has 0 saturated heterocycles. The number of nitrogens with two attached hydrogens (primary N) is 2. The van der Waals surface area contributed by atoms with E-state index < -0.39 is 29.3 Å². The maximum absolute atomic E-state index is 14.2. The van der Waals surface area contributed by atoms with Crippen LogP contribution in [0, 0.1) is 0 Å². The number of ether oxygens (including phenoxy) is 2. The van der Waals surface area contributed by atoms with Crippen molar-refractivity contribution in [1.82, 2.24) is 9.69 Å². The average Bonchev–Trinajstić information content (AvgIpc) is 3.28. The maximum Gasteiger partial charge on any atom is 0.273 e. The first-order valence-corrected chi connectivity index (χ1v) is 12.4. The molecule has 6 N–H and O–H groups in total. The van der Waals surface area contributed by atoms with Crippen LogP contribution in [0.25, 0.3) is 0 Å². The third-order valence-corrected chi connectivity index (χ3v) is 6.93. The number of phenolic OH excluding ortho intramolecular Hbond substituents is 1. The van der Waals surface area contributed by atoms with Crippen LogP contribution in [0.5, 0.6) is 17.2 Å². The van der Waals surface area contributed by atoms with Crippen LogP contribution in [-0.4, -0.2) is 47.0 Å². The standard InChI is InChI=1S/C26H31N5O6S/c1-6-26(2,3)29-24(34)21(14-7-9-15(32)10-8-14)31(17-12-11-16(36-4)13-18(17)37-5)25(35)22-19(27)20(23(28)33)30-38-22/h7-13,21,32H,6,27H2,1-5H3,(H2,28,33)(H,29,34)/t21-/m0/s1. The number of anilines is 2. The van der Waals surface area contributed by atoms with Crippen molar-refractivity contribution in [3.05, 3.63) is 58.6 Å². The van der Waals surface area contributed by atoms with Crippen molar-refractivity contribution in [2.75, 3.05) is 24.9 Å². The van der Waals surface area contributed by atoms with Gasteiger partial charge in [0.25, 0.3) is 11.8 Å². The number of amides is 3. The van der Waals surface area contributed by atoms with Gasteiger partial charge >= 0.3 is 0 Å². The summed E-state index contributed by atoms with van der Waals surface area (Å²) >= 11 is 0.697. The van der Waals surface area contributed by atoms with Crippen LogP contribution in [0.3, 0.4) is 0 Å². The number of benzene rings is 2. The Balaban J connectivity index is 2.31. The Morgan fingerprint density at radius 3 is 2.32 bits per heavy atom. The predicted molar refractivity (Wildman–Crippen MR) is 145 cm³/mol. The van der Waals surface area contributed by atoms with Gasteiger partial charge in [0.15, 0.2) is 5.69 Å². The van der Waals surface area contributed by atoms with Crippen molar-refractivity contribution >= 4 is 40.6 Å². The number of phenols is 1. The van der Waals surface area contributed by atoms with E-state index in [1.165, 1.54) is 31.3 Å². The molecule has 0 aliphatic rings. The third-order valence-electron chi connectivity index (χ3n) is 6.08. The van der Waals surface area contributed by atoms with Gasteiger partial charge in [0, 0.05) is 11.6 Å². The molecular weight excluding hydrogens is 510 g/mol. The topological polar surface area (TPSA) is 170 Å². The molecule has 3 aromatic rings. The fourth-order valence-corrected chi connectivity index (χ4v) is 4.40. The van der Waals surface area contributed by atoms with Gasteiger partial charge in [-0.1, -0.05) is 19.1 Å². The highest BCUT2D eigenvalue weighted by Gasteiger charge is 2.38. The second kappa shape index (κ2) is 11.4. The first kappa shape index (κ1) is 28.3. The van der Waals surface area contributed by atoms with E-state index in [0.717, 1.165) is 0 Å². The van der Waals surface area contributed by atoms with Gasteiger partial charge in [-0.05, 0) is 61.6 Å². The van der Waals surface area contributed by atoms with Crippen LogP contribution in [0.15, 0.2) is 42.5 Å². The zero-order chi connectivity index (χ0) is 28.2. The molecule has 0 unspecified atom stereocenters. The number of aromatic hydroxyl groups is 1. The summed E-state index contributed by atoms with van der Waals surface area (Å²) in [4.78, 5) is 41.1. The van der Waals surface area contributed by atoms with E-state index in [9.17, 15) is 19.5 Å². The Morgan fingerprint density at radius 1 is 1.13 bits per heavy atom. The molecule has 202 valence electrons. The van der Waals surface area contributed by atoms with Gasteiger partial charge in [0.2, 0.25) is 5.91 Å². The van der Waals surface area contributed by atoms with Gasteiger partial charge in [0.05, 0.1) is 25.6 Å². The Bertz CT molecular complexity index is 1340. The Hall–Kier alpha value is -4.32. The first-order chi connectivity index (χ1) is 17.9. The maximum atomic E-state index is 14.2. The Morgan fingerprint density at radius 2 is 1.79 bits per heavy atom. The molecule has 0 aliphatic heterocycles. The number of methoxy groups -OCH3 is 2. The minimum Gasteiger partial charge on any atom is -0.508 e. The minimum absolute atomic E-state index is 0.0143. The van der Waals surface area contributed by atoms with Crippen molar-refractivity contribution in [2.24, 2.45) is 5.73 Å². The molecule has 0 radical (unpaired) electrons. The quantitative estimate of drug-likeness (QED) is 0.303. The summed E-state index contributed by atoms with van der Waals surface area (Å²) in [5.74, 6) is -1.40. The van der Waals surface area contributed by atoms with Crippen LogP contribution in [0.1, 0.15) is 59.0 Å². The van der Waals surface area contributed by atoms with Gasteiger partial charge in [-0.15, -0.1) is 0 Å². The number of hydrogen-bond donors (Lipinski definition) is 4. The van der Waals surface area contributed by atoms with Crippen molar-refractivity contribution in [2.45, 2.75) is 38.8 Å². The van der Waals surface area contributed by atoms with Crippen LogP contribution >= 0.6 is 11.5 Å². The van der Waals surface area contributed by atoms with E-state index in [-0.39, 0.29) is 33.4 Å². The summed E-state index contributed by atoms with van der Waals surface area (Å²) in [5.41, 5.74) is 11.1. The summed E-state index contributed by atoms with van der Waals surface area (Å²) in [6.45, 7) is 5.65. The predicted octanol–water partition coefficient (Wildman–Crippen LogP) is 3.24. The van der Waals surface area contributed by atoms with E-state index in [0.29, 0.717) is 29.3 Å². The third kappa shape index (κ3) is 5.80. The van der Waals surface area contributed by atoms with Gasteiger partial charge < -0.3 is 31.4 Å². The molecule has 12 heteroatoms. The van der Waals surface area contributed by atoms with Crippen molar-refractivity contribution < 1.29 is 29.0 Å². The molecule has 3 amide bonds. The number of primary amides is 1. The average molecular weight is 542 g/mol. The SMILES string of the molecule is CCC(C)(C)NC(=O)[C@H](c1ccc(O)cc1)N(C(=O)c1snc(C(N)=O)c1N)c1ccc(OC)cc1OC. The molecule has 0 bridgehead atoms. The van der Waals surface area contributed by atoms with Crippen LogP contribution in [0.4, 0.5) is 11.4 Å². The number of hydrogen-bond acceptors (Lipinski definition) is 9. The molecule has 0 fully saturated rings. The number of rotatable bonds is 10. The molecule has 11 nitrogen and oxygen atoms in total. The largest absolute Gasteiger partial charge is 0.508 e. The number of aromatic nitrogens is 1. The second-order valence-electron chi connectivity index (χ2n) is 9.07. The zero-order valence-corrected chi connectivity index (χ0v) is 22.6. The lowest BCUT2D eigenvalue weighted by Gasteiger charge is -2.35. The highest BCUT2D eigenvalue weighted by molar-refractivity contribution is 7.09. The van der Waals surface area contributed by atoms with Crippen LogP contribution in [-0.2, 0) is 4.79 Å². The molecule has 3 rings (SSSR count). The number of carbonyl (C=O) groups excluding carboxylic acids is 3. The lowest BCUT2D eigenvalue weighted by molar-refractivity contribution is -0.124. The molecule has 2 aromatic carbocycles. The smallest absolute Gasteiger partial charge is 0.273 e. The lowest BCUT2D eigenvalue weighted by Crippen LogP contribution is -2.50. The van der Waals surface area contributed by atoms with E-state index in [2.05, 4.69) is 9.69 Å². The fraction of sp³-hybridized carbons (Fsp3) is 0.308. The second-order valence-corrected chi connectivity index (χ2v) is 9.85. The summed E-state index contributed by atoms with van der Waals surface area (Å²) < 4.78 is 14.8. The molecular formula is C26H31N5O6S. The molecule has 0 aliphatic carbocycles. The molecule has 38 heavy (non-hydrogen) atoms. The van der Waals surface area contributed by atoms with Gasteiger partial charge in [-0.2, -0.15) is 4.37 Å². The van der Waals surface area contributed by atoms with E-state index in [1.807, 2.05) is 20.8 Å². The normalized spacial score (nSPS) is 11.9. The van der Waals surface area contributed by atoms with E-state index >= 15 is 0 Å². The lowest BCUT2D eigenvalue weighted by atomic mass is 9.98. The Labute approximate surface area is 224 Å². The number of carbonyl (C=O) groups is 3. The molecule has 1 aromatic heterocycles. The van der Waals surface area contributed by atoms with Gasteiger partial charge in [-0.3, -0.25) is 19.3 Å². The highest BCUT2D eigenvalue weighted by atomic mass is 32.1. The summed E-state index contributed by atoms with van der Waals surface area (Å²) in [6.07, 6.45) is 0.616. The monoisotopic (exact) mass is 541 g/mol. The number of nitrogens with zero attached hydrogens (tertiary/aromatic N) is 2. The summed E-state index contributed by atoms with van der Waals surface area (Å²) in [7, 11) is 2.91. The van der Waals surface area contributed by atoms with Crippen LogP contribution < -0.4 is 31.2 Å². The van der Waals surface area contributed by atoms with Crippen molar-refractivity contribution in [1.29, 1.82) is 0 Å². The molecule has 1 atom stereocenters. The van der Waals surface area contributed by atoms with Gasteiger partial charge in [-0.25, -0.2) is 0 Å². The van der Waals surface area contributed by atoms with E-state index in [1.54, 1.807) is 30.3 Å². The zero-order valence-electron chi connectivity index (χ0n) is 21.8. The van der Waals surface area contributed by atoms with Gasteiger partial charge in [0.1, 0.15) is 28.2 Å². The summed E-state index contributed by atoms with van der Waals surface area (Å²) in [5, 5.41) is 12.9. The first-order valence-electron chi connectivity index (χ1n) is 11.7.